The van der Waals surface area contributed by atoms with Crippen LogP contribution >= 0.6 is 0 Å². The van der Waals surface area contributed by atoms with Crippen molar-refractivity contribution in [2.75, 3.05) is 31.1 Å². The Morgan fingerprint density at radius 3 is 2.81 bits per heavy atom. The lowest BCUT2D eigenvalue weighted by Crippen LogP contribution is -2.38. The van der Waals surface area contributed by atoms with Crippen LogP contribution in [0.5, 0.6) is 0 Å². The number of aromatic nitrogens is 1. The third-order valence-corrected chi connectivity index (χ3v) is 3.80. The average Bonchev–Trinajstić information content (AvgIpc) is 2.49. The zero-order chi connectivity index (χ0) is 15.1. The third kappa shape index (κ3) is 4.64. The van der Waals surface area contributed by atoms with Gasteiger partial charge in [0.2, 0.25) is 0 Å². The van der Waals surface area contributed by atoms with Crippen LogP contribution in [0.3, 0.4) is 0 Å². The Labute approximate surface area is 126 Å². The van der Waals surface area contributed by atoms with Crippen LogP contribution in [0, 0.1) is 5.82 Å². The van der Waals surface area contributed by atoms with Gasteiger partial charge >= 0.3 is 0 Å². The van der Waals surface area contributed by atoms with Crippen molar-refractivity contribution in [3.8, 4) is 0 Å². The zero-order valence-corrected chi connectivity index (χ0v) is 13.1. The number of anilines is 1. The number of hydrogen-bond donors (Lipinski definition) is 1. The molecule has 1 saturated heterocycles. The predicted octanol–water partition coefficient (Wildman–Crippen LogP) is 2.73. The standard InChI is InChI=1S/C16H26FN3O/c1-3-7-18-11-13-10-14(17)12-19-16(13)20-8-5-15(6-9-20)21-4-2/h10,12,15,18H,3-9,11H2,1-2H3. The first-order valence-electron chi connectivity index (χ1n) is 7.96. The van der Waals surface area contributed by atoms with Gasteiger partial charge < -0.3 is 15.0 Å². The minimum Gasteiger partial charge on any atom is -0.378 e. The molecule has 2 heterocycles. The highest BCUT2D eigenvalue weighted by Gasteiger charge is 2.22. The van der Waals surface area contributed by atoms with E-state index in [-0.39, 0.29) is 5.82 Å². The maximum absolute atomic E-state index is 13.5. The molecule has 1 aliphatic rings. The summed E-state index contributed by atoms with van der Waals surface area (Å²) in [6, 6.07) is 1.60. The van der Waals surface area contributed by atoms with E-state index >= 15 is 0 Å². The van der Waals surface area contributed by atoms with Crippen LogP contribution in [0.4, 0.5) is 10.2 Å². The Morgan fingerprint density at radius 2 is 2.14 bits per heavy atom. The first kappa shape index (κ1) is 16.2. The second kappa shape index (κ2) is 8.29. The molecule has 0 radical (unpaired) electrons. The van der Waals surface area contributed by atoms with Crippen molar-refractivity contribution in [2.45, 2.75) is 45.8 Å². The first-order valence-corrected chi connectivity index (χ1v) is 7.96. The Hall–Kier alpha value is -1.20. The number of rotatable bonds is 7. The number of piperidine rings is 1. The lowest BCUT2D eigenvalue weighted by molar-refractivity contribution is 0.0458. The van der Waals surface area contributed by atoms with Gasteiger partial charge in [-0.2, -0.15) is 0 Å². The molecule has 118 valence electrons. The topological polar surface area (TPSA) is 37.4 Å². The number of hydrogen-bond acceptors (Lipinski definition) is 4. The maximum Gasteiger partial charge on any atom is 0.141 e. The number of halogens is 1. The molecular formula is C16H26FN3O. The zero-order valence-electron chi connectivity index (χ0n) is 13.1. The molecule has 2 rings (SSSR count). The van der Waals surface area contributed by atoms with E-state index in [1.807, 2.05) is 6.92 Å². The lowest BCUT2D eigenvalue weighted by Gasteiger charge is -2.33. The molecule has 0 spiro atoms. The average molecular weight is 295 g/mol. The summed E-state index contributed by atoms with van der Waals surface area (Å²) in [7, 11) is 0. The molecule has 0 saturated carbocycles. The van der Waals surface area contributed by atoms with Crippen LogP contribution < -0.4 is 10.2 Å². The van der Waals surface area contributed by atoms with Gasteiger partial charge in [0, 0.05) is 31.8 Å². The monoisotopic (exact) mass is 295 g/mol. The molecule has 1 fully saturated rings. The smallest absolute Gasteiger partial charge is 0.141 e. The van der Waals surface area contributed by atoms with Crippen LogP contribution in [0.2, 0.25) is 0 Å². The number of nitrogens with zero attached hydrogens (tertiary/aromatic N) is 2. The van der Waals surface area contributed by atoms with Gasteiger partial charge in [-0.3, -0.25) is 0 Å². The van der Waals surface area contributed by atoms with Crippen molar-refractivity contribution >= 4 is 5.82 Å². The van der Waals surface area contributed by atoms with E-state index in [0.717, 1.165) is 56.9 Å². The minimum absolute atomic E-state index is 0.267. The molecule has 1 aromatic heterocycles. The van der Waals surface area contributed by atoms with Crippen LogP contribution in [0.15, 0.2) is 12.3 Å². The van der Waals surface area contributed by atoms with Crippen LogP contribution in [0.25, 0.3) is 0 Å². The van der Waals surface area contributed by atoms with Crippen LogP contribution in [-0.2, 0) is 11.3 Å². The Morgan fingerprint density at radius 1 is 1.38 bits per heavy atom. The molecule has 1 aliphatic heterocycles. The van der Waals surface area contributed by atoms with E-state index < -0.39 is 0 Å². The van der Waals surface area contributed by atoms with E-state index in [0.29, 0.717) is 12.6 Å². The van der Waals surface area contributed by atoms with E-state index in [1.54, 1.807) is 6.07 Å². The second-order valence-electron chi connectivity index (χ2n) is 5.45. The quantitative estimate of drug-likeness (QED) is 0.785. The van der Waals surface area contributed by atoms with Gasteiger partial charge in [-0.1, -0.05) is 6.92 Å². The third-order valence-electron chi connectivity index (χ3n) is 3.80. The number of nitrogens with one attached hydrogen (secondary N) is 1. The van der Waals surface area contributed by atoms with Crippen molar-refractivity contribution in [3.63, 3.8) is 0 Å². The summed E-state index contributed by atoms with van der Waals surface area (Å²) in [4.78, 5) is 6.57. The summed E-state index contributed by atoms with van der Waals surface area (Å²) in [5.74, 6) is 0.645. The summed E-state index contributed by atoms with van der Waals surface area (Å²) in [5, 5.41) is 3.33. The molecule has 0 atom stereocenters. The molecule has 0 unspecified atom stereocenters. The summed E-state index contributed by atoms with van der Waals surface area (Å²) in [5.41, 5.74) is 0.943. The molecule has 1 aromatic rings. The van der Waals surface area contributed by atoms with E-state index in [1.165, 1.54) is 6.20 Å². The molecule has 0 amide bonds. The van der Waals surface area contributed by atoms with E-state index in [9.17, 15) is 4.39 Å². The Balaban J connectivity index is 2.01. The molecule has 21 heavy (non-hydrogen) atoms. The largest absolute Gasteiger partial charge is 0.378 e. The normalized spacial score (nSPS) is 16.4. The van der Waals surface area contributed by atoms with Crippen LogP contribution in [0.1, 0.15) is 38.7 Å². The summed E-state index contributed by atoms with van der Waals surface area (Å²) < 4.78 is 19.1. The summed E-state index contributed by atoms with van der Waals surface area (Å²) >= 11 is 0. The lowest BCUT2D eigenvalue weighted by atomic mass is 10.1. The van der Waals surface area contributed by atoms with Gasteiger partial charge in [0.1, 0.15) is 11.6 Å². The molecule has 0 bridgehead atoms. The van der Waals surface area contributed by atoms with Gasteiger partial charge in [0.25, 0.3) is 0 Å². The van der Waals surface area contributed by atoms with Gasteiger partial charge in [-0.25, -0.2) is 9.37 Å². The van der Waals surface area contributed by atoms with Crippen molar-refractivity contribution < 1.29 is 9.13 Å². The first-order chi connectivity index (χ1) is 10.2. The fourth-order valence-electron chi connectivity index (χ4n) is 2.76. The molecule has 4 nitrogen and oxygen atoms in total. The fraction of sp³-hybridized carbons (Fsp3) is 0.688. The Bertz CT molecular complexity index is 434. The van der Waals surface area contributed by atoms with Crippen molar-refractivity contribution in [1.82, 2.24) is 10.3 Å². The van der Waals surface area contributed by atoms with Gasteiger partial charge in [0.15, 0.2) is 0 Å². The number of pyridine rings is 1. The predicted molar refractivity (Wildman–Crippen MR) is 83.1 cm³/mol. The number of ether oxygens (including phenoxy) is 1. The highest BCUT2D eigenvalue weighted by atomic mass is 19.1. The Kier molecular flexibility index (Phi) is 6.39. The van der Waals surface area contributed by atoms with Crippen LogP contribution in [-0.4, -0.2) is 37.3 Å². The molecule has 1 N–H and O–H groups in total. The van der Waals surface area contributed by atoms with E-state index in [4.69, 9.17) is 4.74 Å². The molecular weight excluding hydrogens is 269 g/mol. The molecule has 0 aliphatic carbocycles. The summed E-state index contributed by atoms with van der Waals surface area (Å²) in [6.07, 6.45) is 4.75. The van der Waals surface area contributed by atoms with Gasteiger partial charge in [-0.15, -0.1) is 0 Å². The maximum atomic E-state index is 13.5. The van der Waals surface area contributed by atoms with Crippen molar-refractivity contribution in [2.24, 2.45) is 0 Å². The van der Waals surface area contributed by atoms with E-state index in [2.05, 4.69) is 22.1 Å². The SMILES string of the molecule is CCCNCc1cc(F)cnc1N1CCC(OCC)CC1. The second-order valence-corrected chi connectivity index (χ2v) is 5.45. The minimum atomic E-state index is -0.267. The van der Waals surface area contributed by atoms with Gasteiger partial charge in [0.05, 0.1) is 12.3 Å². The highest BCUT2D eigenvalue weighted by Crippen LogP contribution is 2.23. The fourth-order valence-corrected chi connectivity index (χ4v) is 2.76. The molecule has 5 heteroatoms. The van der Waals surface area contributed by atoms with Crippen molar-refractivity contribution in [3.05, 3.63) is 23.6 Å². The van der Waals surface area contributed by atoms with Crippen molar-refractivity contribution in [1.29, 1.82) is 0 Å². The summed E-state index contributed by atoms with van der Waals surface area (Å²) in [6.45, 7) is 8.36. The highest BCUT2D eigenvalue weighted by molar-refractivity contribution is 5.47. The van der Waals surface area contributed by atoms with Gasteiger partial charge in [-0.05, 0) is 38.8 Å². The molecule has 0 aromatic carbocycles.